The van der Waals surface area contributed by atoms with Gasteiger partial charge in [-0.1, -0.05) is 23.2 Å². The minimum Gasteiger partial charge on any atom is -0.398 e. The summed E-state index contributed by atoms with van der Waals surface area (Å²) >= 11 is 11.6. The van der Waals surface area contributed by atoms with Gasteiger partial charge in [0.1, 0.15) is 17.3 Å². The third-order valence-corrected chi connectivity index (χ3v) is 4.47. The molecular formula is C11H10Cl2N4O2S. The number of nitrogen functional groups attached to an aromatic ring is 1. The van der Waals surface area contributed by atoms with Gasteiger partial charge in [-0.15, -0.1) is 0 Å². The van der Waals surface area contributed by atoms with Crippen LogP contribution in [0.1, 0.15) is 5.56 Å². The van der Waals surface area contributed by atoms with Crippen molar-refractivity contribution in [2.24, 2.45) is 0 Å². The normalized spacial score (nSPS) is 11.3. The van der Waals surface area contributed by atoms with E-state index in [1.807, 2.05) is 0 Å². The molecule has 0 fully saturated rings. The topological polar surface area (TPSA) is 98.0 Å². The maximum Gasteiger partial charge on any atom is 0.263 e. The van der Waals surface area contributed by atoms with Gasteiger partial charge in [0.15, 0.2) is 0 Å². The quantitative estimate of drug-likeness (QED) is 0.664. The van der Waals surface area contributed by atoms with Crippen molar-refractivity contribution >= 4 is 44.7 Å². The smallest absolute Gasteiger partial charge is 0.263 e. The lowest BCUT2D eigenvalue weighted by molar-refractivity contribution is 0.601. The first-order valence-corrected chi connectivity index (χ1v) is 7.59. The molecule has 20 heavy (non-hydrogen) atoms. The Morgan fingerprint density at radius 1 is 1.20 bits per heavy atom. The lowest BCUT2D eigenvalue weighted by Crippen LogP contribution is -2.14. The van der Waals surface area contributed by atoms with Gasteiger partial charge in [-0.25, -0.2) is 18.4 Å². The Bertz CT molecular complexity index is 742. The fourth-order valence-electron chi connectivity index (χ4n) is 1.42. The number of nitrogens with zero attached hydrogens (tertiary/aromatic N) is 2. The van der Waals surface area contributed by atoms with E-state index in [1.54, 1.807) is 6.92 Å². The standard InChI is InChI=1S/C11H10Cl2N4O2S/c1-6-8(12)2-7(3-9(6)14)20(18,19)17-11-4-10(13)15-5-16-11/h2-5H,14H2,1H3,(H,15,16,17). The Balaban J connectivity index is 2.41. The molecule has 9 heteroatoms. The summed E-state index contributed by atoms with van der Waals surface area (Å²) in [6.07, 6.45) is 1.15. The molecule has 0 amide bonds. The first-order valence-electron chi connectivity index (χ1n) is 5.35. The number of anilines is 2. The highest BCUT2D eigenvalue weighted by molar-refractivity contribution is 7.92. The number of aromatic nitrogens is 2. The van der Waals surface area contributed by atoms with Crippen LogP contribution in [0.5, 0.6) is 0 Å². The predicted molar refractivity (Wildman–Crippen MR) is 78.5 cm³/mol. The zero-order valence-electron chi connectivity index (χ0n) is 10.3. The largest absolute Gasteiger partial charge is 0.398 e. The molecule has 1 aromatic carbocycles. The molecule has 1 heterocycles. The van der Waals surface area contributed by atoms with Crippen molar-refractivity contribution in [1.82, 2.24) is 9.97 Å². The zero-order valence-corrected chi connectivity index (χ0v) is 12.6. The van der Waals surface area contributed by atoms with Crippen LogP contribution in [0.4, 0.5) is 11.5 Å². The fraction of sp³-hybridized carbons (Fsp3) is 0.0909. The van der Waals surface area contributed by atoms with Gasteiger partial charge in [0.2, 0.25) is 0 Å². The van der Waals surface area contributed by atoms with Gasteiger partial charge in [-0.05, 0) is 24.6 Å². The average Bonchev–Trinajstić information content (AvgIpc) is 2.34. The third-order valence-electron chi connectivity index (χ3n) is 2.54. The highest BCUT2D eigenvalue weighted by Crippen LogP contribution is 2.27. The number of nitrogens with two attached hydrogens (primary N) is 1. The van der Waals surface area contributed by atoms with Crippen LogP contribution < -0.4 is 10.5 Å². The second-order valence-electron chi connectivity index (χ2n) is 3.95. The second kappa shape index (κ2) is 5.43. The van der Waals surface area contributed by atoms with Gasteiger partial charge in [0, 0.05) is 16.8 Å². The number of halogens is 2. The van der Waals surface area contributed by atoms with Crippen molar-refractivity contribution in [3.05, 3.63) is 40.3 Å². The molecule has 0 aliphatic carbocycles. The van der Waals surface area contributed by atoms with Gasteiger partial charge < -0.3 is 5.73 Å². The van der Waals surface area contributed by atoms with Crippen LogP contribution in [-0.4, -0.2) is 18.4 Å². The number of benzene rings is 1. The first-order chi connectivity index (χ1) is 9.29. The molecule has 106 valence electrons. The summed E-state index contributed by atoms with van der Waals surface area (Å²) in [7, 11) is -3.86. The maximum absolute atomic E-state index is 12.2. The molecule has 0 spiro atoms. The number of rotatable bonds is 3. The third kappa shape index (κ3) is 3.12. The Morgan fingerprint density at radius 3 is 2.50 bits per heavy atom. The van der Waals surface area contributed by atoms with Crippen molar-refractivity contribution in [2.75, 3.05) is 10.5 Å². The van der Waals surface area contributed by atoms with Crippen LogP contribution in [0.15, 0.2) is 29.4 Å². The van der Waals surface area contributed by atoms with Gasteiger partial charge in [0.25, 0.3) is 10.0 Å². The SMILES string of the molecule is Cc1c(N)cc(S(=O)(=O)Nc2cc(Cl)ncn2)cc1Cl. The van der Waals surface area contributed by atoms with Crippen LogP contribution in [0.3, 0.4) is 0 Å². The van der Waals surface area contributed by atoms with E-state index in [-0.39, 0.29) is 20.9 Å². The molecular weight excluding hydrogens is 323 g/mol. The Labute approximate surface area is 126 Å². The number of hydrogen-bond acceptors (Lipinski definition) is 5. The minimum atomic E-state index is -3.86. The van der Waals surface area contributed by atoms with Crippen molar-refractivity contribution < 1.29 is 8.42 Å². The Hall–Kier alpha value is -1.57. The molecule has 0 atom stereocenters. The van der Waals surface area contributed by atoms with Crippen molar-refractivity contribution in [2.45, 2.75) is 11.8 Å². The average molecular weight is 333 g/mol. The van der Waals surface area contributed by atoms with Gasteiger partial charge in [-0.2, -0.15) is 0 Å². The molecule has 0 aliphatic heterocycles. The molecule has 0 bridgehead atoms. The summed E-state index contributed by atoms with van der Waals surface area (Å²) in [4.78, 5) is 7.37. The maximum atomic E-state index is 12.2. The molecule has 0 unspecified atom stereocenters. The van der Waals surface area contributed by atoms with E-state index in [2.05, 4.69) is 14.7 Å². The fourth-order valence-corrected chi connectivity index (χ4v) is 2.91. The molecule has 6 nitrogen and oxygen atoms in total. The lowest BCUT2D eigenvalue weighted by Gasteiger charge is -2.10. The monoisotopic (exact) mass is 332 g/mol. The second-order valence-corrected chi connectivity index (χ2v) is 6.43. The molecule has 1 aromatic heterocycles. The summed E-state index contributed by atoms with van der Waals surface area (Å²) in [5.41, 5.74) is 6.62. The lowest BCUT2D eigenvalue weighted by atomic mass is 10.2. The summed E-state index contributed by atoms with van der Waals surface area (Å²) in [6, 6.07) is 3.93. The van der Waals surface area contributed by atoms with Gasteiger partial charge in [-0.3, -0.25) is 4.72 Å². The van der Waals surface area contributed by atoms with E-state index < -0.39 is 10.0 Å². The van der Waals surface area contributed by atoms with E-state index in [1.165, 1.54) is 18.2 Å². The van der Waals surface area contributed by atoms with Crippen LogP contribution in [0.2, 0.25) is 10.2 Å². The van der Waals surface area contributed by atoms with Crippen molar-refractivity contribution in [3.8, 4) is 0 Å². The van der Waals surface area contributed by atoms with Gasteiger partial charge >= 0.3 is 0 Å². The van der Waals surface area contributed by atoms with E-state index in [0.717, 1.165) is 6.33 Å². The van der Waals surface area contributed by atoms with Crippen LogP contribution in [0.25, 0.3) is 0 Å². The Kier molecular flexibility index (Phi) is 4.03. The highest BCUT2D eigenvalue weighted by atomic mass is 35.5. The van der Waals surface area contributed by atoms with E-state index in [9.17, 15) is 8.42 Å². The van der Waals surface area contributed by atoms with Gasteiger partial charge in [0.05, 0.1) is 4.90 Å². The van der Waals surface area contributed by atoms with E-state index in [0.29, 0.717) is 11.3 Å². The number of hydrogen-bond donors (Lipinski definition) is 2. The van der Waals surface area contributed by atoms with Crippen molar-refractivity contribution in [3.63, 3.8) is 0 Å². The first kappa shape index (κ1) is 14.8. The van der Waals surface area contributed by atoms with Crippen LogP contribution in [-0.2, 0) is 10.0 Å². The molecule has 0 saturated heterocycles. The molecule has 0 radical (unpaired) electrons. The summed E-state index contributed by atoms with van der Waals surface area (Å²) in [5.74, 6) is 0.0558. The highest BCUT2D eigenvalue weighted by Gasteiger charge is 2.17. The molecule has 3 N–H and O–H groups in total. The summed E-state index contributed by atoms with van der Waals surface area (Å²) in [5, 5.41) is 0.394. The number of nitrogens with one attached hydrogen (secondary N) is 1. The minimum absolute atomic E-state index is 0.0552. The molecule has 2 aromatic rings. The molecule has 2 rings (SSSR count). The predicted octanol–water partition coefficient (Wildman–Crippen LogP) is 2.47. The van der Waals surface area contributed by atoms with Crippen LogP contribution >= 0.6 is 23.2 Å². The van der Waals surface area contributed by atoms with E-state index >= 15 is 0 Å². The summed E-state index contributed by atoms with van der Waals surface area (Å²) < 4.78 is 26.7. The zero-order chi connectivity index (χ0) is 14.9. The molecule has 0 aliphatic rings. The summed E-state index contributed by atoms with van der Waals surface area (Å²) in [6.45, 7) is 1.70. The van der Waals surface area contributed by atoms with Crippen molar-refractivity contribution in [1.29, 1.82) is 0 Å². The van der Waals surface area contributed by atoms with E-state index in [4.69, 9.17) is 28.9 Å². The Morgan fingerprint density at radius 2 is 1.90 bits per heavy atom. The molecule has 0 saturated carbocycles. The number of sulfonamides is 1. The van der Waals surface area contributed by atoms with Crippen LogP contribution in [0, 0.1) is 6.92 Å².